The maximum atomic E-state index is 13.9. The molecule has 4 aromatic rings. The average Bonchev–Trinajstić information content (AvgIpc) is 3.34. The zero-order valence-corrected chi connectivity index (χ0v) is 18.9. The third-order valence-electron chi connectivity index (χ3n) is 6.61. The molecule has 1 aromatic carbocycles. The van der Waals surface area contributed by atoms with Gasteiger partial charge in [0.15, 0.2) is 17.3 Å². The van der Waals surface area contributed by atoms with Crippen LogP contribution in [0.15, 0.2) is 35.0 Å². The summed E-state index contributed by atoms with van der Waals surface area (Å²) in [5.41, 5.74) is 4.84. The zero-order valence-electron chi connectivity index (χ0n) is 18.9. The molecule has 5 rings (SSSR count). The van der Waals surface area contributed by atoms with Gasteiger partial charge in [0.2, 0.25) is 0 Å². The van der Waals surface area contributed by atoms with Crippen molar-refractivity contribution >= 4 is 11.2 Å². The number of halogens is 2. The Kier molecular flexibility index (Phi) is 5.70. The van der Waals surface area contributed by atoms with Gasteiger partial charge < -0.3 is 13.8 Å². The molecular weight excluding hydrogens is 426 g/mol. The minimum Gasteiger partial charge on any atom is -0.381 e. The van der Waals surface area contributed by atoms with Crippen molar-refractivity contribution < 1.29 is 18.0 Å². The van der Waals surface area contributed by atoms with Gasteiger partial charge in [0.1, 0.15) is 17.1 Å². The molecule has 0 aliphatic heterocycles. The fourth-order valence-corrected chi connectivity index (χ4v) is 4.94. The van der Waals surface area contributed by atoms with Crippen molar-refractivity contribution in [2.45, 2.75) is 58.1 Å². The Labute approximate surface area is 190 Å². The molecule has 0 spiro atoms. The minimum absolute atomic E-state index is 0.221. The number of pyridine rings is 1. The molecular formula is C25H26F2N4O2. The van der Waals surface area contributed by atoms with Gasteiger partial charge in [0, 0.05) is 36.9 Å². The summed E-state index contributed by atoms with van der Waals surface area (Å²) < 4.78 is 40.4. The maximum Gasteiger partial charge on any atom is 0.160 e. The van der Waals surface area contributed by atoms with Crippen molar-refractivity contribution in [1.29, 1.82) is 0 Å². The second kappa shape index (κ2) is 8.67. The van der Waals surface area contributed by atoms with Gasteiger partial charge in [0.05, 0.1) is 11.8 Å². The van der Waals surface area contributed by atoms with Crippen molar-refractivity contribution in [1.82, 2.24) is 19.7 Å². The number of imidazole rings is 1. The molecule has 3 aromatic heterocycles. The second-order valence-electron chi connectivity index (χ2n) is 8.76. The third kappa shape index (κ3) is 4.04. The van der Waals surface area contributed by atoms with Crippen LogP contribution < -0.4 is 0 Å². The fourth-order valence-electron chi connectivity index (χ4n) is 4.94. The quantitative estimate of drug-likeness (QED) is 0.388. The summed E-state index contributed by atoms with van der Waals surface area (Å²) in [6, 6.07) is 6.23. The van der Waals surface area contributed by atoms with E-state index in [2.05, 4.69) is 9.72 Å². The van der Waals surface area contributed by atoms with E-state index in [1.807, 2.05) is 26.1 Å². The van der Waals surface area contributed by atoms with E-state index in [1.165, 1.54) is 6.07 Å². The highest BCUT2D eigenvalue weighted by Gasteiger charge is 2.27. The lowest BCUT2D eigenvalue weighted by Crippen LogP contribution is -2.24. The summed E-state index contributed by atoms with van der Waals surface area (Å²) in [6.45, 7) is 3.78. The molecule has 0 N–H and O–H groups in total. The van der Waals surface area contributed by atoms with Crippen molar-refractivity contribution in [3.8, 4) is 11.1 Å². The number of hydrogen-bond donors (Lipinski definition) is 0. The molecule has 0 bridgehead atoms. The number of rotatable bonds is 5. The highest BCUT2D eigenvalue weighted by Crippen LogP contribution is 2.35. The molecule has 0 radical (unpaired) electrons. The number of benzene rings is 1. The summed E-state index contributed by atoms with van der Waals surface area (Å²) in [4.78, 5) is 9.70. The van der Waals surface area contributed by atoms with Gasteiger partial charge in [-0.15, -0.1) is 0 Å². The van der Waals surface area contributed by atoms with Gasteiger partial charge in [-0.25, -0.2) is 18.7 Å². The predicted octanol–water partition coefficient (Wildman–Crippen LogP) is 5.70. The van der Waals surface area contributed by atoms with E-state index in [4.69, 9.17) is 19.2 Å². The van der Waals surface area contributed by atoms with Crippen LogP contribution in [0, 0.1) is 25.5 Å². The normalized spacial score (nSPS) is 18.8. The van der Waals surface area contributed by atoms with Gasteiger partial charge >= 0.3 is 0 Å². The molecule has 0 unspecified atom stereocenters. The standard InChI is InChI=1S/C25H26F2N4O2/c1-14-24(15(2)33-30-14)17-12-22-25(28-13-17)31(18-5-7-19(32-3)8-6-18)23(29-22)11-16-4-9-20(26)21(27)10-16/h4,9-10,12-13,18-19H,5-8,11H2,1-3H3. The molecule has 1 fully saturated rings. The van der Waals surface area contributed by atoms with Crippen LogP contribution in [0.2, 0.25) is 0 Å². The van der Waals surface area contributed by atoms with E-state index >= 15 is 0 Å². The van der Waals surface area contributed by atoms with Crippen LogP contribution in [0.4, 0.5) is 8.78 Å². The predicted molar refractivity (Wildman–Crippen MR) is 120 cm³/mol. The smallest absolute Gasteiger partial charge is 0.160 e. The number of nitrogens with zero attached hydrogens (tertiary/aromatic N) is 4. The Bertz CT molecular complexity index is 1290. The molecule has 8 heteroatoms. The molecule has 1 aliphatic carbocycles. The first-order chi connectivity index (χ1) is 15.9. The van der Waals surface area contributed by atoms with Crippen molar-refractivity contribution in [3.63, 3.8) is 0 Å². The van der Waals surface area contributed by atoms with Crippen LogP contribution in [-0.4, -0.2) is 32.9 Å². The maximum absolute atomic E-state index is 13.9. The first kappa shape index (κ1) is 21.7. The van der Waals surface area contributed by atoms with Crippen molar-refractivity contribution in [3.05, 3.63) is 64.9 Å². The molecule has 6 nitrogen and oxygen atoms in total. The highest BCUT2D eigenvalue weighted by molar-refractivity contribution is 5.80. The van der Waals surface area contributed by atoms with Gasteiger partial charge in [-0.05, 0) is 63.3 Å². The van der Waals surface area contributed by atoms with Gasteiger partial charge in [-0.2, -0.15) is 0 Å². The number of aromatic nitrogens is 4. The number of methoxy groups -OCH3 is 1. The zero-order chi connectivity index (χ0) is 23.1. The summed E-state index contributed by atoms with van der Waals surface area (Å²) >= 11 is 0. The Morgan fingerprint density at radius 2 is 1.88 bits per heavy atom. The number of hydrogen-bond acceptors (Lipinski definition) is 5. The van der Waals surface area contributed by atoms with Crippen molar-refractivity contribution in [2.75, 3.05) is 7.11 Å². The third-order valence-corrected chi connectivity index (χ3v) is 6.61. The molecule has 1 saturated carbocycles. The van der Waals surface area contributed by atoms with E-state index < -0.39 is 11.6 Å². The Morgan fingerprint density at radius 1 is 1.09 bits per heavy atom. The summed E-state index contributed by atoms with van der Waals surface area (Å²) in [7, 11) is 1.75. The largest absolute Gasteiger partial charge is 0.381 e. The van der Waals surface area contributed by atoms with Crippen LogP contribution >= 0.6 is 0 Å². The number of ether oxygens (including phenoxy) is 1. The molecule has 172 valence electrons. The van der Waals surface area contributed by atoms with E-state index in [0.29, 0.717) is 12.0 Å². The molecule has 0 amide bonds. The monoisotopic (exact) mass is 452 g/mol. The van der Waals surface area contributed by atoms with Gasteiger partial charge in [0.25, 0.3) is 0 Å². The Morgan fingerprint density at radius 3 is 2.55 bits per heavy atom. The van der Waals surface area contributed by atoms with E-state index in [1.54, 1.807) is 13.2 Å². The summed E-state index contributed by atoms with van der Waals surface area (Å²) in [5, 5.41) is 4.05. The average molecular weight is 453 g/mol. The van der Waals surface area contributed by atoms with Crippen LogP contribution in [0.5, 0.6) is 0 Å². The summed E-state index contributed by atoms with van der Waals surface area (Å²) in [5.74, 6) is -0.182. The first-order valence-corrected chi connectivity index (χ1v) is 11.2. The number of aryl methyl sites for hydroxylation is 2. The van der Waals surface area contributed by atoms with E-state index in [-0.39, 0.29) is 12.1 Å². The van der Waals surface area contributed by atoms with E-state index in [0.717, 1.165) is 71.3 Å². The molecule has 3 heterocycles. The van der Waals surface area contributed by atoms with Crippen LogP contribution in [0.25, 0.3) is 22.3 Å². The van der Waals surface area contributed by atoms with Crippen LogP contribution in [0.3, 0.4) is 0 Å². The minimum atomic E-state index is -0.852. The van der Waals surface area contributed by atoms with Crippen LogP contribution in [-0.2, 0) is 11.2 Å². The number of fused-ring (bicyclic) bond motifs is 1. The fraction of sp³-hybridized carbons (Fsp3) is 0.400. The van der Waals surface area contributed by atoms with Crippen LogP contribution in [0.1, 0.15) is 54.6 Å². The second-order valence-corrected chi connectivity index (χ2v) is 8.76. The lowest BCUT2D eigenvalue weighted by atomic mass is 9.92. The SMILES string of the molecule is COC1CCC(n2c(Cc3ccc(F)c(F)c3)nc3cc(-c4c(C)noc4C)cnc32)CC1. The lowest BCUT2D eigenvalue weighted by Gasteiger charge is -2.29. The Balaban J connectivity index is 1.59. The van der Waals surface area contributed by atoms with E-state index in [9.17, 15) is 8.78 Å². The topological polar surface area (TPSA) is 66.0 Å². The van der Waals surface area contributed by atoms with Crippen molar-refractivity contribution in [2.24, 2.45) is 0 Å². The molecule has 1 aliphatic rings. The molecule has 33 heavy (non-hydrogen) atoms. The highest BCUT2D eigenvalue weighted by atomic mass is 19.2. The molecule has 0 saturated heterocycles. The first-order valence-electron chi connectivity index (χ1n) is 11.2. The Hall–Kier alpha value is -3.13. The molecule has 0 atom stereocenters. The van der Waals surface area contributed by atoms with Gasteiger partial charge in [-0.1, -0.05) is 11.2 Å². The van der Waals surface area contributed by atoms with Gasteiger partial charge in [-0.3, -0.25) is 0 Å². The lowest BCUT2D eigenvalue weighted by molar-refractivity contribution is 0.0585. The summed E-state index contributed by atoms with van der Waals surface area (Å²) in [6.07, 6.45) is 6.30.